The average molecular weight is 244 g/mol. The summed E-state index contributed by atoms with van der Waals surface area (Å²) in [4.78, 5) is 14.8. The second-order valence-electron chi connectivity index (χ2n) is 3.76. The lowest BCUT2D eigenvalue weighted by molar-refractivity contribution is -0.131. The Balaban J connectivity index is 2.00. The molecule has 1 atom stereocenters. The molecule has 0 spiro atoms. The largest absolute Gasteiger partial charge is 0.341 e. The van der Waals surface area contributed by atoms with E-state index in [9.17, 15) is 4.79 Å². The summed E-state index contributed by atoms with van der Waals surface area (Å²) in [5, 5.41) is 1.47. The monoisotopic (exact) mass is 243 g/mol. The molecule has 2 nitrogen and oxygen atoms in total. The van der Waals surface area contributed by atoms with Crippen molar-refractivity contribution >= 4 is 28.8 Å². The van der Waals surface area contributed by atoms with Gasteiger partial charge in [0.25, 0.3) is 0 Å². The van der Waals surface area contributed by atoms with Crippen LogP contribution in [-0.4, -0.2) is 23.9 Å². The van der Waals surface area contributed by atoms with Crippen LogP contribution in [0.15, 0.2) is 17.5 Å². The van der Waals surface area contributed by atoms with Crippen molar-refractivity contribution < 1.29 is 4.79 Å². The van der Waals surface area contributed by atoms with Crippen LogP contribution in [0.2, 0.25) is 0 Å². The highest BCUT2D eigenvalue weighted by Gasteiger charge is 2.25. The third-order valence-electron chi connectivity index (χ3n) is 2.68. The molecule has 0 N–H and O–H groups in total. The molecule has 82 valence electrons. The standard InChI is InChI=1S/C11H14ClNOS/c12-10(9-5-4-8-15-9)11(14)13-6-2-1-3-7-13/h4-5,8,10H,1-3,6-7H2. The molecule has 15 heavy (non-hydrogen) atoms. The number of carbonyl (C=O) groups is 1. The predicted octanol–water partition coefficient (Wildman–Crippen LogP) is 3.04. The third kappa shape index (κ3) is 2.52. The summed E-state index contributed by atoms with van der Waals surface area (Å²) in [6.07, 6.45) is 3.45. The normalized spacial score (nSPS) is 18.9. The maximum Gasteiger partial charge on any atom is 0.246 e. The fourth-order valence-corrected chi connectivity index (χ4v) is 2.89. The van der Waals surface area contributed by atoms with Crippen LogP contribution in [0.4, 0.5) is 0 Å². The number of hydrogen-bond acceptors (Lipinski definition) is 2. The minimum absolute atomic E-state index is 0.0683. The van der Waals surface area contributed by atoms with E-state index in [0.717, 1.165) is 30.8 Å². The van der Waals surface area contributed by atoms with Crippen molar-refractivity contribution in [3.05, 3.63) is 22.4 Å². The van der Waals surface area contributed by atoms with Gasteiger partial charge in [-0.25, -0.2) is 0 Å². The molecule has 1 fully saturated rings. The van der Waals surface area contributed by atoms with Crippen LogP contribution in [0.1, 0.15) is 29.5 Å². The van der Waals surface area contributed by atoms with E-state index >= 15 is 0 Å². The zero-order chi connectivity index (χ0) is 10.7. The van der Waals surface area contributed by atoms with Crippen LogP contribution in [0.5, 0.6) is 0 Å². The molecule has 1 aliphatic heterocycles. The van der Waals surface area contributed by atoms with E-state index in [1.807, 2.05) is 22.4 Å². The van der Waals surface area contributed by atoms with Crippen LogP contribution in [0.25, 0.3) is 0 Å². The van der Waals surface area contributed by atoms with Crippen molar-refractivity contribution in [1.82, 2.24) is 4.90 Å². The number of carbonyl (C=O) groups excluding carboxylic acids is 1. The molecule has 1 aromatic rings. The summed E-state index contributed by atoms with van der Waals surface area (Å²) >= 11 is 7.69. The number of alkyl halides is 1. The Kier molecular flexibility index (Phi) is 3.65. The van der Waals surface area contributed by atoms with Gasteiger partial charge in [0.05, 0.1) is 0 Å². The number of likely N-dealkylation sites (tertiary alicyclic amines) is 1. The molecule has 2 rings (SSSR count). The molecule has 0 radical (unpaired) electrons. The van der Waals surface area contributed by atoms with Gasteiger partial charge in [-0.1, -0.05) is 6.07 Å². The van der Waals surface area contributed by atoms with Crippen LogP contribution in [0.3, 0.4) is 0 Å². The first kappa shape index (κ1) is 11.0. The Hall–Kier alpha value is -0.540. The number of hydrogen-bond donors (Lipinski definition) is 0. The zero-order valence-corrected chi connectivity index (χ0v) is 10.1. The van der Waals surface area contributed by atoms with Gasteiger partial charge in [0.2, 0.25) is 5.91 Å². The fraction of sp³-hybridized carbons (Fsp3) is 0.545. The van der Waals surface area contributed by atoms with E-state index in [-0.39, 0.29) is 5.91 Å². The maximum absolute atomic E-state index is 12.0. The van der Waals surface area contributed by atoms with Crippen LogP contribution < -0.4 is 0 Å². The van der Waals surface area contributed by atoms with Crippen molar-refractivity contribution in [2.75, 3.05) is 13.1 Å². The first-order valence-electron chi connectivity index (χ1n) is 5.25. The third-order valence-corrected chi connectivity index (χ3v) is 4.17. The highest BCUT2D eigenvalue weighted by atomic mass is 35.5. The zero-order valence-electron chi connectivity index (χ0n) is 8.49. The van der Waals surface area contributed by atoms with Crippen LogP contribution in [-0.2, 0) is 4.79 Å². The SMILES string of the molecule is O=C(C(Cl)c1cccs1)N1CCCCC1. The Morgan fingerprint density at radius 1 is 1.40 bits per heavy atom. The second-order valence-corrected chi connectivity index (χ2v) is 5.18. The smallest absolute Gasteiger partial charge is 0.246 e. The molecule has 1 unspecified atom stereocenters. The van der Waals surface area contributed by atoms with Crippen molar-refractivity contribution in [3.8, 4) is 0 Å². The Labute approximate surface area is 98.8 Å². The number of nitrogens with zero attached hydrogens (tertiary/aromatic N) is 1. The van der Waals surface area contributed by atoms with Crippen LogP contribution >= 0.6 is 22.9 Å². The van der Waals surface area contributed by atoms with Crippen molar-refractivity contribution in [2.45, 2.75) is 24.6 Å². The molecule has 4 heteroatoms. The molecular weight excluding hydrogens is 230 g/mol. The molecule has 0 aliphatic carbocycles. The molecule has 1 aromatic heterocycles. The molecule has 2 heterocycles. The van der Waals surface area contributed by atoms with Gasteiger partial charge in [0, 0.05) is 18.0 Å². The highest BCUT2D eigenvalue weighted by molar-refractivity contribution is 7.10. The maximum atomic E-state index is 12.0. The lowest BCUT2D eigenvalue weighted by Crippen LogP contribution is -2.37. The van der Waals surface area contributed by atoms with Crippen molar-refractivity contribution in [1.29, 1.82) is 0 Å². The first-order valence-corrected chi connectivity index (χ1v) is 6.57. The van der Waals surface area contributed by atoms with Gasteiger partial charge < -0.3 is 4.90 Å². The van der Waals surface area contributed by atoms with Gasteiger partial charge in [-0.3, -0.25) is 4.79 Å². The number of rotatable bonds is 2. The average Bonchev–Trinajstić information content (AvgIpc) is 2.82. The first-order chi connectivity index (χ1) is 7.29. The minimum atomic E-state index is -0.483. The number of amides is 1. The summed E-state index contributed by atoms with van der Waals surface area (Å²) in [6, 6.07) is 3.85. The van der Waals surface area contributed by atoms with Gasteiger partial charge in [-0.2, -0.15) is 0 Å². The lowest BCUT2D eigenvalue weighted by Gasteiger charge is -2.28. The summed E-state index contributed by atoms with van der Waals surface area (Å²) in [5.74, 6) is 0.0683. The Morgan fingerprint density at radius 3 is 2.73 bits per heavy atom. The van der Waals surface area contributed by atoms with Crippen LogP contribution in [0, 0.1) is 0 Å². The summed E-state index contributed by atoms with van der Waals surface area (Å²) < 4.78 is 0. The second kappa shape index (κ2) is 4.99. The van der Waals surface area contributed by atoms with E-state index in [2.05, 4.69) is 0 Å². The fourth-order valence-electron chi connectivity index (χ4n) is 1.83. The number of piperidine rings is 1. The topological polar surface area (TPSA) is 20.3 Å². The lowest BCUT2D eigenvalue weighted by atomic mass is 10.1. The van der Waals surface area contributed by atoms with Crippen molar-refractivity contribution in [2.24, 2.45) is 0 Å². The highest BCUT2D eigenvalue weighted by Crippen LogP contribution is 2.28. The molecule has 1 aliphatic rings. The Bertz CT molecular complexity index is 319. The molecule has 0 saturated carbocycles. The number of halogens is 1. The van der Waals surface area contributed by atoms with Gasteiger partial charge in [0.15, 0.2) is 0 Å². The molecular formula is C11H14ClNOS. The quantitative estimate of drug-likeness (QED) is 0.732. The van der Waals surface area contributed by atoms with E-state index in [0.29, 0.717) is 0 Å². The van der Waals surface area contributed by atoms with Gasteiger partial charge in [0.1, 0.15) is 5.38 Å². The summed E-state index contributed by atoms with van der Waals surface area (Å²) in [7, 11) is 0. The summed E-state index contributed by atoms with van der Waals surface area (Å²) in [6.45, 7) is 1.74. The number of thiophene rings is 1. The van der Waals surface area contributed by atoms with Gasteiger partial charge in [-0.15, -0.1) is 22.9 Å². The Morgan fingerprint density at radius 2 is 2.13 bits per heavy atom. The van der Waals surface area contributed by atoms with E-state index < -0.39 is 5.38 Å². The summed E-state index contributed by atoms with van der Waals surface area (Å²) in [5.41, 5.74) is 0. The van der Waals surface area contributed by atoms with Gasteiger partial charge >= 0.3 is 0 Å². The van der Waals surface area contributed by atoms with Crippen molar-refractivity contribution in [3.63, 3.8) is 0 Å². The molecule has 1 saturated heterocycles. The molecule has 1 amide bonds. The van der Waals surface area contributed by atoms with Gasteiger partial charge in [-0.05, 0) is 30.7 Å². The predicted molar refractivity (Wildman–Crippen MR) is 63.3 cm³/mol. The van der Waals surface area contributed by atoms with E-state index in [1.54, 1.807) is 11.3 Å². The molecule has 0 aromatic carbocycles. The minimum Gasteiger partial charge on any atom is -0.341 e. The van der Waals surface area contributed by atoms with E-state index in [1.165, 1.54) is 6.42 Å². The van der Waals surface area contributed by atoms with E-state index in [4.69, 9.17) is 11.6 Å². The molecule has 0 bridgehead atoms.